The van der Waals surface area contributed by atoms with Crippen molar-refractivity contribution in [3.63, 3.8) is 0 Å². The van der Waals surface area contributed by atoms with Crippen molar-refractivity contribution in [1.82, 2.24) is 5.32 Å². The summed E-state index contributed by atoms with van der Waals surface area (Å²) in [7, 11) is 0. The molecule has 0 radical (unpaired) electrons. The lowest BCUT2D eigenvalue weighted by atomic mass is 10.1. The Morgan fingerprint density at radius 2 is 2.44 bits per heavy atom. The van der Waals surface area contributed by atoms with Crippen LogP contribution < -0.4 is 5.32 Å². The number of carboxylic acids is 1. The highest BCUT2D eigenvalue weighted by Crippen LogP contribution is 2.19. The zero-order valence-electron chi connectivity index (χ0n) is 4.85. The van der Waals surface area contributed by atoms with Crippen molar-refractivity contribution in [2.45, 2.75) is 12.1 Å². The van der Waals surface area contributed by atoms with Crippen molar-refractivity contribution in [3.8, 4) is 0 Å². The zero-order chi connectivity index (χ0) is 6.91. The lowest BCUT2D eigenvalue weighted by Crippen LogP contribution is -2.35. The van der Waals surface area contributed by atoms with Gasteiger partial charge in [0.25, 0.3) is 0 Å². The van der Waals surface area contributed by atoms with Gasteiger partial charge in [0.05, 0.1) is 0 Å². The normalized spacial score (nSPS) is 34.8. The van der Waals surface area contributed by atoms with Crippen molar-refractivity contribution in [2.24, 2.45) is 0 Å². The van der Waals surface area contributed by atoms with Gasteiger partial charge in [0.2, 0.25) is 5.67 Å². The van der Waals surface area contributed by atoms with Crippen LogP contribution in [0.25, 0.3) is 0 Å². The Balaban J connectivity index is 2.61. The molecular weight excluding hydrogens is 125 g/mol. The van der Waals surface area contributed by atoms with E-state index < -0.39 is 11.6 Å². The summed E-state index contributed by atoms with van der Waals surface area (Å²) in [6.07, 6.45) is 0.0856. The van der Waals surface area contributed by atoms with E-state index in [1.54, 1.807) is 0 Å². The Morgan fingerprint density at radius 1 is 1.78 bits per heavy atom. The van der Waals surface area contributed by atoms with Gasteiger partial charge in [-0.05, 0) is 6.54 Å². The fourth-order valence-corrected chi connectivity index (χ4v) is 0.844. The van der Waals surface area contributed by atoms with E-state index in [-0.39, 0.29) is 13.0 Å². The summed E-state index contributed by atoms with van der Waals surface area (Å²) in [5, 5.41) is 10.9. The average Bonchev–Trinajstić information content (AvgIpc) is 2.16. The monoisotopic (exact) mass is 133 g/mol. The molecule has 0 aromatic carbocycles. The number of carbonyl (C=O) groups is 1. The Bertz CT molecular complexity index is 131. The number of carboxylic acid groups (broad SMARTS) is 1. The SMILES string of the molecule is O=C(O)[C@@]1(F)CCNC1. The molecule has 3 nitrogen and oxygen atoms in total. The molecular formula is C5H8FNO2. The van der Waals surface area contributed by atoms with Crippen molar-refractivity contribution >= 4 is 5.97 Å². The first-order chi connectivity index (χ1) is 4.15. The summed E-state index contributed by atoms with van der Waals surface area (Å²) in [5.41, 5.74) is -2.00. The van der Waals surface area contributed by atoms with Crippen LogP contribution in [0.5, 0.6) is 0 Å². The van der Waals surface area contributed by atoms with E-state index in [1.807, 2.05) is 0 Å². The molecule has 0 amide bonds. The van der Waals surface area contributed by atoms with Crippen molar-refractivity contribution in [3.05, 3.63) is 0 Å². The molecule has 0 spiro atoms. The predicted octanol–water partition coefficient (Wildman–Crippen LogP) is -0.227. The Hall–Kier alpha value is -0.640. The van der Waals surface area contributed by atoms with E-state index >= 15 is 0 Å². The van der Waals surface area contributed by atoms with Crippen LogP contribution >= 0.6 is 0 Å². The maximum atomic E-state index is 12.8. The van der Waals surface area contributed by atoms with E-state index in [0.29, 0.717) is 6.54 Å². The third-order valence-corrected chi connectivity index (χ3v) is 1.49. The number of alkyl halides is 1. The van der Waals surface area contributed by atoms with Crippen LogP contribution in [0.2, 0.25) is 0 Å². The first-order valence-corrected chi connectivity index (χ1v) is 2.78. The molecule has 9 heavy (non-hydrogen) atoms. The van der Waals surface area contributed by atoms with Crippen molar-refractivity contribution in [2.75, 3.05) is 13.1 Å². The largest absolute Gasteiger partial charge is 0.479 e. The highest BCUT2D eigenvalue weighted by atomic mass is 19.1. The molecule has 1 heterocycles. The molecule has 1 atom stereocenters. The first-order valence-electron chi connectivity index (χ1n) is 2.78. The molecule has 1 rings (SSSR count). The van der Waals surface area contributed by atoms with Crippen LogP contribution in [0.1, 0.15) is 6.42 Å². The number of hydrogen-bond donors (Lipinski definition) is 2. The van der Waals surface area contributed by atoms with E-state index in [2.05, 4.69) is 5.32 Å². The molecule has 2 N–H and O–H groups in total. The van der Waals surface area contributed by atoms with Crippen LogP contribution in [-0.4, -0.2) is 29.8 Å². The molecule has 0 saturated carbocycles. The zero-order valence-corrected chi connectivity index (χ0v) is 4.85. The lowest BCUT2D eigenvalue weighted by Gasteiger charge is -2.09. The van der Waals surface area contributed by atoms with E-state index in [4.69, 9.17) is 5.11 Å². The standard InChI is InChI=1S/C5H8FNO2/c6-5(4(8)9)1-2-7-3-5/h7H,1-3H2,(H,8,9)/t5-/m1/s1. The van der Waals surface area contributed by atoms with Gasteiger partial charge >= 0.3 is 5.97 Å². The van der Waals surface area contributed by atoms with Gasteiger partial charge in [0.15, 0.2) is 0 Å². The second-order valence-corrected chi connectivity index (χ2v) is 2.20. The molecule has 4 heteroatoms. The smallest absolute Gasteiger partial charge is 0.342 e. The maximum Gasteiger partial charge on any atom is 0.342 e. The summed E-state index contributed by atoms with van der Waals surface area (Å²) < 4.78 is 12.8. The molecule has 0 bridgehead atoms. The third kappa shape index (κ3) is 1.03. The number of hydrogen-bond acceptors (Lipinski definition) is 2. The molecule has 0 aliphatic carbocycles. The summed E-state index contributed by atoms with van der Waals surface area (Å²) in [5.74, 6) is -1.35. The Labute approximate surface area is 51.9 Å². The lowest BCUT2D eigenvalue weighted by molar-refractivity contribution is -0.149. The van der Waals surface area contributed by atoms with Gasteiger partial charge in [-0.25, -0.2) is 9.18 Å². The summed E-state index contributed by atoms with van der Waals surface area (Å²) in [6.45, 7) is 0.408. The maximum absolute atomic E-state index is 12.8. The van der Waals surface area contributed by atoms with Crippen LogP contribution in [0.15, 0.2) is 0 Å². The van der Waals surface area contributed by atoms with Crippen LogP contribution in [0.4, 0.5) is 4.39 Å². The van der Waals surface area contributed by atoms with Gasteiger partial charge in [-0.1, -0.05) is 0 Å². The quantitative estimate of drug-likeness (QED) is 0.519. The Morgan fingerprint density at radius 3 is 2.67 bits per heavy atom. The molecule has 0 unspecified atom stereocenters. The summed E-state index contributed by atoms with van der Waals surface area (Å²) >= 11 is 0. The number of aliphatic carboxylic acids is 1. The van der Waals surface area contributed by atoms with E-state index in [1.165, 1.54) is 0 Å². The van der Waals surface area contributed by atoms with Crippen molar-refractivity contribution < 1.29 is 14.3 Å². The van der Waals surface area contributed by atoms with E-state index in [0.717, 1.165) is 0 Å². The second-order valence-electron chi connectivity index (χ2n) is 2.20. The molecule has 1 aliphatic rings. The molecule has 0 aromatic rings. The fourth-order valence-electron chi connectivity index (χ4n) is 0.844. The highest BCUT2D eigenvalue weighted by Gasteiger charge is 2.41. The van der Waals surface area contributed by atoms with Gasteiger partial charge in [-0.3, -0.25) is 0 Å². The predicted molar refractivity (Wildman–Crippen MR) is 29.0 cm³/mol. The van der Waals surface area contributed by atoms with Crippen LogP contribution in [0, 0.1) is 0 Å². The topological polar surface area (TPSA) is 49.3 Å². The number of halogens is 1. The molecule has 1 fully saturated rings. The van der Waals surface area contributed by atoms with Crippen LogP contribution in [0.3, 0.4) is 0 Å². The average molecular weight is 133 g/mol. The molecule has 0 aromatic heterocycles. The minimum atomic E-state index is -2.00. The molecule has 1 saturated heterocycles. The minimum absolute atomic E-state index is 0.0532. The van der Waals surface area contributed by atoms with Gasteiger partial charge < -0.3 is 10.4 Å². The van der Waals surface area contributed by atoms with Crippen LogP contribution in [-0.2, 0) is 4.79 Å². The van der Waals surface area contributed by atoms with E-state index in [9.17, 15) is 9.18 Å². The minimum Gasteiger partial charge on any atom is -0.479 e. The molecule has 1 aliphatic heterocycles. The Kier molecular flexibility index (Phi) is 1.40. The summed E-state index contributed by atoms with van der Waals surface area (Å²) in [4.78, 5) is 10.1. The molecule has 52 valence electrons. The number of nitrogens with one attached hydrogen (secondary N) is 1. The summed E-state index contributed by atoms with van der Waals surface area (Å²) in [6, 6.07) is 0. The highest BCUT2D eigenvalue weighted by molar-refractivity contribution is 5.78. The first kappa shape index (κ1) is 6.48. The van der Waals surface area contributed by atoms with Gasteiger partial charge in [0.1, 0.15) is 0 Å². The second kappa shape index (κ2) is 1.95. The van der Waals surface area contributed by atoms with Gasteiger partial charge in [-0.15, -0.1) is 0 Å². The van der Waals surface area contributed by atoms with Crippen molar-refractivity contribution in [1.29, 1.82) is 0 Å². The van der Waals surface area contributed by atoms with Gasteiger partial charge in [0, 0.05) is 13.0 Å². The third-order valence-electron chi connectivity index (χ3n) is 1.49. The van der Waals surface area contributed by atoms with Gasteiger partial charge in [-0.2, -0.15) is 0 Å². The fraction of sp³-hybridized carbons (Fsp3) is 0.800. The number of rotatable bonds is 1.